The zero-order valence-corrected chi connectivity index (χ0v) is 18.4. The fourth-order valence-electron chi connectivity index (χ4n) is 3.28. The molecule has 0 N–H and O–H groups in total. The first kappa shape index (κ1) is 21.2. The number of nitrogens with zero attached hydrogens (tertiary/aromatic N) is 2. The maximum absolute atomic E-state index is 5.99. The highest BCUT2D eigenvalue weighted by molar-refractivity contribution is 5.67. The molecule has 32 heavy (non-hydrogen) atoms. The molecule has 0 aliphatic carbocycles. The van der Waals surface area contributed by atoms with Crippen molar-refractivity contribution in [3.05, 3.63) is 71.8 Å². The monoisotopic (exact) mass is 432 g/mol. The van der Waals surface area contributed by atoms with E-state index in [1.807, 2.05) is 48.5 Å². The van der Waals surface area contributed by atoms with Crippen LogP contribution >= 0.6 is 0 Å². The second-order valence-corrected chi connectivity index (χ2v) is 7.07. The number of aromatic nitrogens is 2. The van der Waals surface area contributed by atoms with Gasteiger partial charge in [-0.2, -0.15) is 4.98 Å². The summed E-state index contributed by atoms with van der Waals surface area (Å²) in [4.78, 5) is 4.53. The Kier molecular flexibility index (Phi) is 6.26. The average molecular weight is 432 g/mol. The summed E-state index contributed by atoms with van der Waals surface area (Å²) in [5.74, 6) is 3.26. The number of ether oxygens (including phenoxy) is 4. The van der Waals surface area contributed by atoms with Gasteiger partial charge in [-0.05, 0) is 48.4 Å². The van der Waals surface area contributed by atoms with Gasteiger partial charge in [0.1, 0.15) is 18.1 Å². The van der Waals surface area contributed by atoms with Crippen LogP contribution in [0.5, 0.6) is 23.0 Å². The summed E-state index contributed by atoms with van der Waals surface area (Å²) < 4.78 is 27.7. The van der Waals surface area contributed by atoms with Gasteiger partial charge in [-0.15, -0.1) is 0 Å². The largest absolute Gasteiger partial charge is 0.497 e. The smallest absolute Gasteiger partial charge is 0.262 e. The molecule has 1 heterocycles. The van der Waals surface area contributed by atoms with E-state index in [4.69, 9.17) is 23.5 Å². The molecule has 0 atom stereocenters. The molecule has 3 aromatic carbocycles. The Morgan fingerprint density at radius 2 is 1.62 bits per heavy atom. The van der Waals surface area contributed by atoms with E-state index in [-0.39, 0.29) is 0 Å². The standard InChI is InChI=1S/C25H24N2O5/c1-16-7-5-6-8-18(16)15-31-21-12-9-17(13-23(21)30-4)24-26-25(32-27-24)20-11-10-19(28-2)14-22(20)29-3/h5-14H,15H2,1-4H3. The molecule has 0 aliphatic rings. The number of aryl methyl sites for hydroxylation is 1. The van der Waals surface area contributed by atoms with E-state index in [2.05, 4.69) is 23.1 Å². The van der Waals surface area contributed by atoms with Gasteiger partial charge in [0.05, 0.1) is 26.9 Å². The summed E-state index contributed by atoms with van der Waals surface area (Å²) in [5, 5.41) is 4.12. The van der Waals surface area contributed by atoms with Crippen molar-refractivity contribution in [3.63, 3.8) is 0 Å². The molecule has 0 spiro atoms. The average Bonchev–Trinajstić information content (AvgIpc) is 3.33. The minimum atomic E-state index is 0.346. The number of benzene rings is 3. The zero-order valence-electron chi connectivity index (χ0n) is 18.4. The molecule has 0 unspecified atom stereocenters. The van der Waals surface area contributed by atoms with Gasteiger partial charge in [0, 0.05) is 11.6 Å². The highest BCUT2D eigenvalue weighted by atomic mass is 16.5. The molecular weight excluding hydrogens is 408 g/mol. The summed E-state index contributed by atoms with van der Waals surface area (Å²) in [6.07, 6.45) is 0. The Labute approximate surface area is 186 Å². The Morgan fingerprint density at radius 3 is 2.38 bits per heavy atom. The van der Waals surface area contributed by atoms with Crippen molar-refractivity contribution < 1.29 is 23.5 Å². The summed E-state index contributed by atoms with van der Waals surface area (Å²) in [5.41, 5.74) is 3.72. The van der Waals surface area contributed by atoms with E-state index >= 15 is 0 Å². The molecule has 0 fully saturated rings. The molecule has 0 amide bonds. The zero-order chi connectivity index (χ0) is 22.5. The lowest BCUT2D eigenvalue weighted by molar-refractivity contribution is 0.284. The Balaban J connectivity index is 1.57. The van der Waals surface area contributed by atoms with Crippen molar-refractivity contribution in [2.24, 2.45) is 0 Å². The van der Waals surface area contributed by atoms with Crippen LogP contribution in [-0.4, -0.2) is 31.5 Å². The lowest BCUT2D eigenvalue weighted by Crippen LogP contribution is -1.99. The van der Waals surface area contributed by atoms with Crippen LogP contribution < -0.4 is 18.9 Å². The first-order valence-electron chi connectivity index (χ1n) is 10.0. The second-order valence-electron chi connectivity index (χ2n) is 7.07. The van der Waals surface area contributed by atoms with E-state index in [0.717, 1.165) is 11.1 Å². The number of rotatable bonds is 8. The van der Waals surface area contributed by atoms with Crippen LogP contribution in [0.3, 0.4) is 0 Å². The van der Waals surface area contributed by atoms with E-state index in [1.165, 1.54) is 5.56 Å². The third-order valence-electron chi connectivity index (χ3n) is 5.13. The molecule has 7 nitrogen and oxygen atoms in total. The molecular formula is C25H24N2O5. The minimum absolute atomic E-state index is 0.346. The highest BCUT2D eigenvalue weighted by Crippen LogP contribution is 2.35. The van der Waals surface area contributed by atoms with Crippen molar-refractivity contribution in [3.8, 4) is 45.8 Å². The summed E-state index contributed by atoms with van der Waals surface area (Å²) in [7, 11) is 4.78. The highest BCUT2D eigenvalue weighted by Gasteiger charge is 2.17. The van der Waals surface area contributed by atoms with Crippen molar-refractivity contribution in [1.29, 1.82) is 0 Å². The van der Waals surface area contributed by atoms with Crippen molar-refractivity contribution in [2.75, 3.05) is 21.3 Å². The van der Waals surface area contributed by atoms with Crippen molar-refractivity contribution in [1.82, 2.24) is 10.1 Å². The van der Waals surface area contributed by atoms with Crippen LogP contribution in [0.2, 0.25) is 0 Å². The van der Waals surface area contributed by atoms with Crippen LogP contribution in [0.4, 0.5) is 0 Å². The topological polar surface area (TPSA) is 75.8 Å². The van der Waals surface area contributed by atoms with Gasteiger partial charge in [-0.3, -0.25) is 0 Å². The molecule has 0 bridgehead atoms. The summed E-state index contributed by atoms with van der Waals surface area (Å²) in [6.45, 7) is 2.51. The van der Waals surface area contributed by atoms with Gasteiger partial charge in [0.15, 0.2) is 11.5 Å². The predicted octanol–water partition coefficient (Wildman–Crippen LogP) is 5.32. The molecule has 4 aromatic rings. The Morgan fingerprint density at radius 1 is 0.812 bits per heavy atom. The molecule has 0 aliphatic heterocycles. The van der Waals surface area contributed by atoms with Gasteiger partial charge < -0.3 is 23.5 Å². The third kappa shape index (κ3) is 4.37. The van der Waals surface area contributed by atoms with Crippen molar-refractivity contribution in [2.45, 2.75) is 13.5 Å². The first-order valence-corrected chi connectivity index (χ1v) is 10.0. The maximum Gasteiger partial charge on any atom is 0.262 e. The fourth-order valence-corrected chi connectivity index (χ4v) is 3.28. The van der Waals surface area contributed by atoms with E-state index in [9.17, 15) is 0 Å². The molecule has 0 radical (unpaired) electrons. The van der Waals surface area contributed by atoms with Gasteiger partial charge in [-0.1, -0.05) is 29.4 Å². The molecule has 4 rings (SSSR count). The number of methoxy groups -OCH3 is 3. The van der Waals surface area contributed by atoms with Crippen LogP contribution in [0.15, 0.2) is 65.2 Å². The molecule has 164 valence electrons. The van der Waals surface area contributed by atoms with Crippen LogP contribution in [0.1, 0.15) is 11.1 Å². The molecule has 0 saturated heterocycles. The summed E-state index contributed by atoms with van der Waals surface area (Å²) in [6, 6.07) is 19.0. The lowest BCUT2D eigenvalue weighted by atomic mass is 10.1. The Bertz CT molecular complexity index is 1220. The van der Waals surface area contributed by atoms with Crippen LogP contribution in [-0.2, 0) is 6.61 Å². The normalized spacial score (nSPS) is 10.6. The number of hydrogen-bond acceptors (Lipinski definition) is 7. The molecule has 7 heteroatoms. The van der Waals surface area contributed by atoms with E-state index in [0.29, 0.717) is 46.9 Å². The van der Waals surface area contributed by atoms with Crippen LogP contribution in [0.25, 0.3) is 22.8 Å². The van der Waals surface area contributed by atoms with E-state index in [1.54, 1.807) is 27.4 Å². The molecule has 1 aromatic heterocycles. The van der Waals surface area contributed by atoms with Gasteiger partial charge in [0.2, 0.25) is 5.82 Å². The summed E-state index contributed by atoms with van der Waals surface area (Å²) >= 11 is 0. The predicted molar refractivity (Wildman–Crippen MR) is 120 cm³/mol. The third-order valence-corrected chi connectivity index (χ3v) is 5.13. The second kappa shape index (κ2) is 9.43. The van der Waals surface area contributed by atoms with Gasteiger partial charge >= 0.3 is 0 Å². The maximum atomic E-state index is 5.99. The van der Waals surface area contributed by atoms with E-state index < -0.39 is 0 Å². The molecule has 0 saturated carbocycles. The SMILES string of the molecule is COc1ccc(-c2nc(-c3ccc(OCc4ccccc4C)c(OC)c3)no2)c(OC)c1. The minimum Gasteiger partial charge on any atom is -0.497 e. The van der Waals surface area contributed by atoms with Crippen molar-refractivity contribution >= 4 is 0 Å². The fraction of sp³-hybridized carbons (Fsp3) is 0.200. The van der Waals surface area contributed by atoms with Crippen LogP contribution in [0, 0.1) is 6.92 Å². The quantitative estimate of drug-likeness (QED) is 0.373. The lowest BCUT2D eigenvalue weighted by Gasteiger charge is -2.12. The Hall–Kier alpha value is -4.00. The first-order chi connectivity index (χ1) is 15.6. The van der Waals surface area contributed by atoms with Gasteiger partial charge in [0.25, 0.3) is 5.89 Å². The number of hydrogen-bond donors (Lipinski definition) is 0. The van der Waals surface area contributed by atoms with Gasteiger partial charge in [-0.25, -0.2) is 0 Å².